The third kappa shape index (κ3) is 9.18. The van der Waals surface area contributed by atoms with Crippen LogP contribution in [0.1, 0.15) is 43.0 Å². The van der Waals surface area contributed by atoms with Gasteiger partial charge in [0.25, 0.3) is 0 Å². The molecule has 3 heterocycles. The number of thiophene rings is 1. The molecule has 0 bridgehead atoms. The lowest BCUT2D eigenvalue weighted by Crippen LogP contribution is -2.61. The molecule has 0 aliphatic carbocycles. The van der Waals surface area contributed by atoms with E-state index in [0.29, 0.717) is 48.8 Å². The van der Waals surface area contributed by atoms with E-state index in [0.717, 1.165) is 16.9 Å². The minimum atomic E-state index is -1.02. The molecule has 0 saturated carbocycles. The number of amides is 4. The molecule has 0 radical (unpaired) electrons. The highest BCUT2D eigenvalue weighted by Gasteiger charge is 2.41. The number of hydrogen-bond donors (Lipinski definition) is 0. The first-order chi connectivity index (χ1) is 21.2. The SMILES string of the molecule is CCOC(=O)CN(CCCN1CCCC1=O)C(=O)CC1C(=O)N(CCc2ccc(Cl)cc2Cl)CC(=O)N1CCc1cccs1. The monoisotopic (exact) mass is 664 g/mol. The van der Waals surface area contributed by atoms with Crippen molar-refractivity contribution >= 4 is 64.1 Å². The number of carbonyl (C=O) groups is 5. The Kier molecular flexibility index (Phi) is 12.5. The topological polar surface area (TPSA) is 108 Å². The largest absolute Gasteiger partial charge is 0.465 e. The summed E-state index contributed by atoms with van der Waals surface area (Å²) >= 11 is 13.9. The average Bonchev–Trinajstić information content (AvgIpc) is 3.65. The molecule has 4 amide bonds. The minimum absolute atomic E-state index is 0.0842. The molecule has 1 aromatic heterocycles. The molecule has 44 heavy (non-hydrogen) atoms. The van der Waals surface area contributed by atoms with Crippen LogP contribution in [-0.4, -0.2) is 108 Å². The molecule has 0 spiro atoms. The molecule has 1 unspecified atom stereocenters. The maximum absolute atomic E-state index is 13.9. The van der Waals surface area contributed by atoms with E-state index in [1.807, 2.05) is 17.5 Å². The van der Waals surface area contributed by atoms with Crippen molar-refractivity contribution in [1.29, 1.82) is 0 Å². The number of rotatable bonds is 15. The van der Waals surface area contributed by atoms with Gasteiger partial charge in [-0.05, 0) is 61.7 Å². The highest BCUT2D eigenvalue weighted by molar-refractivity contribution is 7.09. The van der Waals surface area contributed by atoms with Gasteiger partial charge in [-0.2, -0.15) is 0 Å². The number of esters is 1. The molecule has 10 nitrogen and oxygen atoms in total. The summed E-state index contributed by atoms with van der Waals surface area (Å²) in [6.07, 6.45) is 2.50. The molecule has 2 aliphatic heterocycles. The third-order valence-corrected chi connectivity index (χ3v) is 9.36. The van der Waals surface area contributed by atoms with E-state index in [1.165, 1.54) is 14.7 Å². The van der Waals surface area contributed by atoms with Gasteiger partial charge < -0.3 is 24.3 Å². The number of ether oxygens (including phenoxy) is 1. The standard InChI is InChI=1S/C31H38Cl2N4O6S/c1-2-43-30(41)21-35(14-5-13-34-12-3-7-27(34)38)28(39)19-26-31(42)36(15-10-22-8-9-23(32)18-25(22)33)20-29(40)37(26)16-11-24-6-4-17-44-24/h4,6,8-9,17-18,26H,2-3,5,7,10-16,19-21H2,1H3. The second kappa shape index (κ2) is 16.2. The van der Waals surface area contributed by atoms with E-state index in [1.54, 1.807) is 41.4 Å². The molecule has 1 atom stereocenters. The molecule has 2 saturated heterocycles. The van der Waals surface area contributed by atoms with Gasteiger partial charge in [0.1, 0.15) is 12.6 Å². The van der Waals surface area contributed by atoms with Gasteiger partial charge >= 0.3 is 5.97 Å². The van der Waals surface area contributed by atoms with Crippen LogP contribution in [0.4, 0.5) is 0 Å². The Hall–Kier alpha value is -3.15. The first kappa shape index (κ1) is 33.7. The van der Waals surface area contributed by atoms with Crippen LogP contribution in [0.3, 0.4) is 0 Å². The number of carbonyl (C=O) groups excluding carboxylic acids is 5. The molecule has 1 aromatic carbocycles. The van der Waals surface area contributed by atoms with Crippen molar-refractivity contribution in [3.05, 3.63) is 56.2 Å². The summed E-state index contributed by atoms with van der Waals surface area (Å²) in [6, 6.07) is 8.02. The van der Waals surface area contributed by atoms with Crippen LogP contribution in [0.2, 0.25) is 10.0 Å². The smallest absolute Gasteiger partial charge is 0.325 e. The lowest BCUT2D eigenvalue weighted by atomic mass is 10.0. The van der Waals surface area contributed by atoms with E-state index in [9.17, 15) is 24.0 Å². The van der Waals surface area contributed by atoms with E-state index >= 15 is 0 Å². The van der Waals surface area contributed by atoms with Crippen molar-refractivity contribution in [2.45, 2.75) is 51.5 Å². The molecule has 2 fully saturated rings. The summed E-state index contributed by atoms with van der Waals surface area (Å²) in [5, 5.41) is 2.93. The van der Waals surface area contributed by atoms with Crippen molar-refractivity contribution in [1.82, 2.24) is 19.6 Å². The second-order valence-electron chi connectivity index (χ2n) is 10.8. The lowest BCUT2D eigenvalue weighted by molar-refractivity contribution is -0.159. The van der Waals surface area contributed by atoms with E-state index in [2.05, 4.69) is 0 Å². The summed E-state index contributed by atoms with van der Waals surface area (Å²) in [4.78, 5) is 72.7. The van der Waals surface area contributed by atoms with Gasteiger partial charge in [0.05, 0.1) is 19.6 Å². The van der Waals surface area contributed by atoms with Gasteiger partial charge in [0.15, 0.2) is 0 Å². The Morgan fingerprint density at radius 1 is 1.05 bits per heavy atom. The maximum atomic E-state index is 13.9. The first-order valence-corrected chi connectivity index (χ1v) is 16.6. The number of benzene rings is 1. The number of likely N-dealkylation sites (tertiary alicyclic amines) is 1. The maximum Gasteiger partial charge on any atom is 0.325 e. The zero-order chi connectivity index (χ0) is 31.6. The zero-order valence-electron chi connectivity index (χ0n) is 24.8. The van der Waals surface area contributed by atoms with E-state index in [4.69, 9.17) is 27.9 Å². The van der Waals surface area contributed by atoms with Crippen molar-refractivity contribution < 1.29 is 28.7 Å². The zero-order valence-corrected chi connectivity index (χ0v) is 27.2. The predicted octanol–water partition coefficient (Wildman–Crippen LogP) is 3.67. The minimum Gasteiger partial charge on any atom is -0.465 e. The average molecular weight is 666 g/mol. The summed E-state index contributed by atoms with van der Waals surface area (Å²) in [5.74, 6) is -1.47. The van der Waals surface area contributed by atoms with Crippen LogP contribution < -0.4 is 0 Å². The molecular weight excluding hydrogens is 627 g/mol. The molecular formula is C31H38Cl2N4O6S. The van der Waals surface area contributed by atoms with Crippen LogP contribution >= 0.6 is 34.5 Å². The van der Waals surface area contributed by atoms with Gasteiger partial charge in [-0.25, -0.2) is 0 Å². The Balaban J connectivity index is 1.49. The summed E-state index contributed by atoms with van der Waals surface area (Å²) in [6.45, 7) is 3.37. The highest BCUT2D eigenvalue weighted by atomic mass is 35.5. The van der Waals surface area contributed by atoms with Crippen LogP contribution in [0, 0.1) is 0 Å². The van der Waals surface area contributed by atoms with Crippen molar-refractivity contribution in [3.8, 4) is 0 Å². The lowest BCUT2D eigenvalue weighted by Gasteiger charge is -2.40. The molecule has 238 valence electrons. The Morgan fingerprint density at radius 2 is 1.86 bits per heavy atom. The van der Waals surface area contributed by atoms with Crippen molar-refractivity contribution in [2.75, 3.05) is 52.4 Å². The predicted molar refractivity (Wildman–Crippen MR) is 169 cm³/mol. The number of piperazine rings is 1. The van der Waals surface area contributed by atoms with Gasteiger partial charge in [-0.1, -0.05) is 35.3 Å². The number of halogens is 2. The molecule has 2 aliphatic rings. The number of nitrogens with zero attached hydrogens (tertiary/aromatic N) is 4. The highest BCUT2D eigenvalue weighted by Crippen LogP contribution is 2.24. The van der Waals surface area contributed by atoms with Crippen LogP contribution in [0.25, 0.3) is 0 Å². The fourth-order valence-electron chi connectivity index (χ4n) is 5.52. The van der Waals surface area contributed by atoms with Crippen molar-refractivity contribution in [2.24, 2.45) is 0 Å². The quantitative estimate of drug-likeness (QED) is 0.269. The second-order valence-corrected chi connectivity index (χ2v) is 12.7. The molecule has 0 N–H and O–H groups in total. The summed E-state index contributed by atoms with van der Waals surface area (Å²) < 4.78 is 5.10. The van der Waals surface area contributed by atoms with Gasteiger partial charge in [-0.15, -0.1) is 11.3 Å². The van der Waals surface area contributed by atoms with Crippen LogP contribution in [0.5, 0.6) is 0 Å². The van der Waals surface area contributed by atoms with Crippen LogP contribution in [-0.2, 0) is 41.6 Å². The fourth-order valence-corrected chi connectivity index (χ4v) is 6.73. The molecule has 2 aromatic rings. The molecule has 13 heteroatoms. The normalized spacial score (nSPS) is 17.0. The Labute approximate surface area is 271 Å². The molecule has 4 rings (SSSR count). The van der Waals surface area contributed by atoms with E-state index < -0.39 is 17.9 Å². The van der Waals surface area contributed by atoms with Crippen molar-refractivity contribution in [3.63, 3.8) is 0 Å². The summed E-state index contributed by atoms with van der Waals surface area (Å²) in [5.41, 5.74) is 0.793. The fraction of sp³-hybridized carbons (Fsp3) is 0.516. The van der Waals surface area contributed by atoms with E-state index in [-0.39, 0.29) is 63.5 Å². The third-order valence-electron chi connectivity index (χ3n) is 7.84. The van der Waals surface area contributed by atoms with Gasteiger partial charge in [0, 0.05) is 54.1 Å². The van der Waals surface area contributed by atoms with Crippen LogP contribution in [0.15, 0.2) is 35.7 Å². The number of hydrogen-bond acceptors (Lipinski definition) is 7. The van der Waals surface area contributed by atoms with Gasteiger partial charge in [-0.3, -0.25) is 24.0 Å². The first-order valence-electron chi connectivity index (χ1n) is 14.9. The Bertz CT molecular complexity index is 1340. The Morgan fingerprint density at radius 3 is 2.55 bits per heavy atom. The van der Waals surface area contributed by atoms with Gasteiger partial charge in [0.2, 0.25) is 23.6 Å². The summed E-state index contributed by atoms with van der Waals surface area (Å²) in [7, 11) is 0.